The molecule has 28 heavy (non-hydrogen) atoms. The van der Waals surface area contributed by atoms with Crippen molar-refractivity contribution in [2.24, 2.45) is 0 Å². The van der Waals surface area contributed by atoms with Gasteiger partial charge in [0.1, 0.15) is 5.69 Å². The predicted octanol–water partition coefficient (Wildman–Crippen LogP) is 3.17. The van der Waals surface area contributed by atoms with E-state index in [4.69, 9.17) is 0 Å². The van der Waals surface area contributed by atoms with Crippen molar-refractivity contribution in [2.75, 3.05) is 5.75 Å². The molecule has 1 unspecified atom stereocenters. The SMILES string of the molecule is CCC(=O)NN(C(=O)c1cnccn1)C(C)c1ccc(SCC(F)(F)F)nc1. The molecule has 150 valence electrons. The molecular weight excluding hydrogens is 395 g/mol. The van der Waals surface area contributed by atoms with E-state index in [2.05, 4.69) is 20.4 Å². The fourth-order valence-electron chi connectivity index (χ4n) is 2.10. The van der Waals surface area contributed by atoms with Crippen LogP contribution in [0.2, 0.25) is 0 Å². The summed E-state index contributed by atoms with van der Waals surface area (Å²) in [4.78, 5) is 36.4. The van der Waals surface area contributed by atoms with E-state index in [1.54, 1.807) is 19.9 Å². The molecule has 2 heterocycles. The first kappa shape index (κ1) is 21.6. The van der Waals surface area contributed by atoms with Crippen LogP contribution in [0.15, 0.2) is 41.9 Å². The van der Waals surface area contributed by atoms with Crippen LogP contribution in [-0.2, 0) is 4.79 Å². The van der Waals surface area contributed by atoms with Crippen molar-refractivity contribution < 1.29 is 22.8 Å². The Morgan fingerprint density at radius 3 is 2.50 bits per heavy atom. The van der Waals surface area contributed by atoms with Gasteiger partial charge in [0.15, 0.2) is 0 Å². The molecule has 0 aliphatic carbocycles. The zero-order chi connectivity index (χ0) is 20.7. The van der Waals surface area contributed by atoms with E-state index < -0.39 is 23.9 Å². The molecule has 2 aromatic heterocycles. The lowest BCUT2D eigenvalue weighted by molar-refractivity contribution is -0.125. The standard InChI is InChI=1S/C17H18F3N5O2S/c1-3-14(26)24-25(16(27)13-9-21-6-7-22-13)11(2)12-4-5-15(23-8-12)28-10-17(18,19)20/h4-9,11H,3,10H2,1-2H3,(H,24,26). The third-order valence-corrected chi connectivity index (χ3v) is 4.59. The second-order valence-corrected chi connectivity index (χ2v) is 6.66. The monoisotopic (exact) mass is 413 g/mol. The van der Waals surface area contributed by atoms with Gasteiger partial charge in [-0.1, -0.05) is 24.8 Å². The predicted molar refractivity (Wildman–Crippen MR) is 96.1 cm³/mol. The van der Waals surface area contributed by atoms with E-state index in [0.29, 0.717) is 17.3 Å². The summed E-state index contributed by atoms with van der Waals surface area (Å²) in [6.07, 6.45) is 1.28. The first-order valence-electron chi connectivity index (χ1n) is 8.26. The molecule has 0 saturated heterocycles. The lowest BCUT2D eigenvalue weighted by atomic mass is 10.1. The van der Waals surface area contributed by atoms with Crippen molar-refractivity contribution in [1.82, 2.24) is 25.4 Å². The Kier molecular flexibility index (Phi) is 7.32. The smallest absolute Gasteiger partial charge is 0.273 e. The lowest BCUT2D eigenvalue weighted by Crippen LogP contribution is -2.47. The van der Waals surface area contributed by atoms with Crippen molar-refractivity contribution in [3.8, 4) is 0 Å². The van der Waals surface area contributed by atoms with Crippen molar-refractivity contribution >= 4 is 23.6 Å². The van der Waals surface area contributed by atoms with Gasteiger partial charge in [-0.05, 0) is 18.6 Å². The number of rotatable bonds is 6. The van der Waals surface area contributed by atoms with Crippen molar-refractivity contribution in [3.05, 3.63) is 48.2 Å². The molecule has 0 aliphatic heterocycles. The summed E-state index contributed by atoms with van der Waals surface area (Å²) in [6, 6.07) is 2.36. The number of aromatic nitrogens is 3. The number of halogens is 3. The normalized spacial score (nSPS) is 12.3. The number of nitrogens with one attached hydrogen (secondary N) is 1. The van der Waals surface area contributed by atoms with Crippen LogP contribution in [0.5, 0.6) is 0 Å². The Bertz CT molecular complexity index is 803. The average Bonchev–Trinajstić information content (AvgIpc) is 2.69. The summed E-state index contributed by atoms with van der Waals surface area (Å²) >= 11 is 0.569. The molecule has 2 aromatic rings. The Balaban J connectivity index is 2.20. The molecule has 2 amide bonds. The van der Waals surface area contributed by atoms with Crippen LogP contribution < -0.4 is 5.43 Å². The number of hydrazine groups is 1. The lowest BCUT2D eigenvalue weighted by Gasteiger charge is -2.29. The molecule has 0 aliphatic rings. The highest BCUT2D eigenvalue weighted by Gasteiger charge is 2.28. The first-order valence-corrected chi connectivity index (χ1v) is 9.24. The number of alkyl halides is 3. The van der Waals surface area contributed by atoms with Gasteiger partial charge in [0.05, 0.1) is 23.0 Å². The van der Waals surface area contributed by atoms with Gasteiger partial charge in [0.25, 0.3) is 5.91 Å². The average molecular weight is 413 g/mol. The number of carbonyl (C=O) groups excluding carboxylic acids is 2. The van der Waals surface area contributed by atoms with E-state index in [1.165, 1.54) is 30.9 Å². The molecule has 1 atom stereocenters. The molecule has 7 nitrogen and oxygen atoms in total. The number of amides is 2. The maximum absolute atomic E-state index is 12.8. The fourth-order valence-corrected chi connectivity index (χ4v) is 2.70. The Morgan fingerprint density at radius 2 is 1.96 bits per heavy atom. The van der Waals surface area contributed by atoms with Gasteiger partial charge in [-0.15, -0.1) is 0 Å². The van der Waals surface area contributed by atoms with Crippen molar-refractivity contribution in [2.45, 2.75) is 37.5 Å². The summed E-state index contributed by atoms with van der Waals surface area (Å²) < 4.78 is 36.9. The van der Waals surface area contributed by atoms with Gasteiger partial charge in [-0.25, -0.2) is 15.0 Å². The van der Waals surface area contributed by atoms with Crippen LogP contribution in [-0.4, -0.2) is 43.7 Å². The second kappa shape index (κ2) is 9.49. The zero-order valence-electron chi connectivity index (χ0n) is 15.1. The van der Waals surface area contributed by atoms with E-state index in [0.717, 1.165) is 5.01 Å². The molecule has 11 heteroatoms. The summed E-state index contributed by atoms with van der Waals surface area (Å²) in [5, 5.41) is 1.31. The summed E-state index contributed by atoms with van der Waals surface area (Å²) in [7, 11) is 0. The molecule has 0 aromatic carbocycles. The number of nitrogens with zero attached hydrogens (tertiary/aromatic N) is 4. The maximum atomic E-state index is 12.8. The molecule has 0 spiro atoms. The van der Waals surface area contributed by atoms with Crippen LogP contribution >= 0.6 is 11.8 Å². The minimum atomic E-state index is -4.29. The molecule has 0 saturated carbocycles. The third-order valence-electron chi connectivity index (χ3n) is 3.58. The highest BCUT2D eigenvalue weighted by molar-refractivity contribution is 7.99. The minimum Gasteiger partial charge on any atom is -0.273 e. The maximum Gasteiger partial charge on any atom is 0.398 e. The zero-order valence-corrected chi connectivity index (χ0v) is 15.9. The van der Waals surface area contributed by atoms with Crippen LogP contribution in [0.4, 0.5) is 13.2 Å². The number of carbonyl (C=O) groups is 2. The number of hydrogen-bond acceptors (Lipinski definition) is 6. The van der Waals surface area contributed by atoms with Crippen LogP contribution in [0.25, 0.3) is 0 Å². The van der Waals surface area contributed by atoms with Crippen molar-refractivity contribution in [1.29, 1.82) is 0 Å². The second-order valence-electron chi connectivity index (χ2n) is 5.66. The molecule has 0 radical (unpaired) electrons. The molecule has 1 N–H and O–H groups in total. The highest BCUT2D eigenvalue weighted by atomic mass is 32.2. The van der Waals surface area contributed by atoms with E-state index in [1.807, 2.05) is 0 Å². The molecular formula is C17H18F3N5O2S. The Morgan fingerprint density at radius 1 is 1.21 bits per heavy atom. The molecule has 2 rings (SSSR count). The van der Waals surface area contributed by atoms with Crippen LogP contribution in [0.3, 0.4) is 0 Å². The summed E-state index contributed by atoms with van der Waals surface area (Å²) in [6.45, 7) is 3.29. The van der Waals surface area contributed by atoms with Gasteiger partial charge < -0.3 is 0 Å². The Labute approximate surface area is 163 Å². The van der Waals surface area contributed by atoms with Gasteiger partial charge in [-0.3, -0.25) is 20.0 Å². The summed E-state index contributed by atoms with van der Waals surface area (Å²) in [5.74, 6) is -1.99. The van der Waals surface area contributed by atoms with Crippen molar-refractivity contribution in [3.63, 3.8) is 0 Å². The summed E-state index contributed by atoms with van der Waals surface area (Å²) in [5.41, 5.74) is 3.09. The van der Waals surface area contributed by atoms with Crippen LogP contribution in [0, 0.1) is 0 Å². The molecule has 0 fully saturated rings. The number of thioether (sulfide) groups is 1. The highest BCUT2D eigenvalue weighted by Crippen LogP contribution is 2.27. The third kappa shape index (κ3) is 6.19. The molecule has 0 bridgehead atoms. The number of pyridine rings is 1. The quantitative estimate of drug-likeness (QED) is 0.578. The first-order chi connectivity index (χ1) is 13.2. The van der Waals surface area contributed by atoms with E-state index in [-0.39, 0.29) is 23.0 Å². The van der Waals surface area contributed by atoms with Gasteiger partial charge >= 0.3 is 6.18 Å². The minimum absolute atomic E-state index is 0.0380. The fraction of sp³-hybridized carbons (Fsp3) is 0.353. The van der Waals surface area contributed by atoms with E-state index >= 15 is 0 Å². The number of hydrogen-bond donors (Lipinski definition) is 1. The Hall–Kier alpha value is -2.69. The topological polar surface area (TPSA) is 88.1 Å². The largest absolute Gasteiger partial charge is 0.398 e. The van der Waals surface area contributed by atoms with Gasteiger partial charge in [-0.2, -0.15) is 13.2 Å². The van der Waals surface area contributed by atoms with Crippen LogP contribution in [0.1, 0.15) is 42.4 Å². The van der Waals surface area contributed by atoms with E-state index in [9.17, 15) is 22.8 Å². The van der Waals surface area contributed by atoms with Gasteiger partial charge in [0.2, 0.25) is 5.91 Å². The van der Waals surface area contributed by atoms with Gasteiger partial charge in [0, 0.05) is 25.0 Å².